The van der Waals surface area contributed by atoms with Crippen molar-refractivity contribution in [2.24, 2.45) is 0 Å². The predicted molar refractivity (Wildman–Crippen MR) is 213 cm³/mol. The first kappa shape index (κ1) is 33.5. The lowest BCUT2D eigenvalue weighted by Gasteiger charge is -2.23. The number of aromatic nitrogens is 2. The summed E-state index contributed by atoms with van der Waals surface area (Å²) in [6, 6.07) is 29.5. The summed E-state index contributed by atoms with van der Waals surface area (Å²) in [6.07, 6.45) is 0. The Bertz CT molecular complexity index is 2400. The fourth-order valence-electron chi connectivity index (χ4n) is 7.78. The molecule has 2 aromatic heterocycles. The maximum absolute atomic E-state index is 14.8. The Hall–Kier alpha value is -4.96. The molecule has 50 heavy (non-hydrogen) atoms. The molecule has 0 aliphatic heterocycles. The van der Waals surface area contributed by atoms with E-state index >= 15 is 0 Å². The molecular formula is C46H48N2O2. The van der Waals surface area contributed by atoms with Crippen LogP contribution in [0.3, 0.4) is 0 Å². The van der Waals surface area contributed by atoms with Crippen molar-refractivity contribution in [2.45, 2.75) is 92.9 Å². The molecule has 2 heterocycles. The molecule has 0 unspecified atom stereocenters. The van der Waals surface area contributed by atoms with Gasteiger partial charge in [-0.25, -0.2) is 0 Å². The van der Waals surface area contributed by atoms with Crippen LogP contribution in [0.15, 0.2) is 94.5 Å². The van der Waals surface area contributed by atoms with Gasteiger partial charge in [0, 0.05) is 32.9 Å². The highest BCUT2D eigenvalue weighted by molar-refractivity contribution is 6.05. The zero-order chi connectivity index (χ0) is 35.8. The van der Waals surface area contributed by atoms with Gasteiger partial charge in [0.05, 0.1) is 22.1 Å². The summed E-state index contributed by atoms with van der Waals surface area (Å²) in [5.41, 5.74) is 12.3. The van der Waals surface area contributed by atoms with Gasteiger partial charge in [0.25, 0.3) is 0 Å². The van der Waals surface area contributed by atoms with E-state index in [1.165, 1.54) is 22.3 Å². The van der Waals surface area contributed by atoms with Gasteiger partial charge in [0.2, 0.25) is 0 Å². The molecule has 0 radical (unpaired) electrons. The minimum absolute atomic E-state index is 0.0153. The van der Waals surface area contributed by atoms with E-state index in [0.717, 1.165) is 44.6 Å². The first-order valence-electron chi connectivity index (χ1n) is 18.1. The van der Waals surface area contributed by atoms with Crippen LogP contribution in [0.5, 0.6) is 0 Å². The molecule has 254 valence electrons. The van der Waals surface area contributed by atoms with E-state index in [4.69, 9.17) is 0 Å². The molecule has 0 amide bonds. The normalized spacial score (nSPS) is 12.3. The molecule has 0 spiro atoms. The third-order valence-corrected chi connectivity index (χ3v) is 10.5. The van der Waals surface area contributed by atoms with E-state index in [9.17, 15) is 9.59 Å². The van der Waals surface area contributed by atoms with Crippen LogP contribution in [-0.4, -0.2) is 9.13 Å². The first-order valence-corrected chi connectivity index (χ1v) is 18.1. The Morgan fingerprint density at radius 2 is 0.640 bits per heavy atom. The number of hydrogen-bond donors (Lipinski definition) is 0. The van der Waals surface area contributed by atoms with Crippen molar-refractivity contribution in [3.05, 3.63) is 139 Å². The quantitative estimate of drug-likeness (QED) is 0.167. The number of hydrogen-bond acceptors (Lipinski definition) is 2. The summed E-state index contributed by atoms with van der Waals surface area (Å²) in [5, 5.41) is 2.58. The first-order chi connectivity index (χ1) is 23.8. The van der Waals surface area contributed by atoms with E-state index < -0.39 is 0 Å². The number of rotatable bonds is 6. The van der Waals surface area contributed by atoms with E-state index in [-0.39, 0.29) is 34.5 Å². The zero-order valence-corrected chi connectivity index (χ0v) is 31.1. The number of benzene rings is 5. The average Bonchev–Trinajstić information content (AvgIpc) is 3.08. The predicted octanol–water partition coefficient (Wildman–Crippen LogP) is 11.7. The van der Waals surface area contributed by atoms with E-state index in [1.54, 1.807) is 0 Å². The van der Waals surface area contributed by atoms with Crippen molar-refractivity contribution in [1.82, 2.24) is 9.13 Å². The summed E-state index contributed by atoms with van der Waals surface area (Å²) in [4.78, 5) is 29.7. The highest BCUT2D eigenvalue weighted by Gasteiger charge is 2.23. The fourth-order valence-corrected chi connectivity index (χ4v) is 7.78. The lowest BCUT2D eigenvalue weighted by molar-refractivity contribution is 0.792. The second kappa shape index (κ2) is 12.4. The monoisotopic (exact) mass is 660 g/mol. The van der Waals surface area contributed by atoms with Crippen molar-refractivity contribution < 1.29 is 0 Å². The van der Waals surface area contributed by atoms with Crippen LogP contribution >= 0.6 is 0 Å². The number of fused-ring (bicyclic) bond motifs is 4. The Morgan fingerprint density at radius 1 is 0.380 bits per heavy atom. The summed E-state index contributed by atoms with van der Waals surface area (Å²) in [7, 11) is 0. The fraction of sp³-hybridized carbons (Fsp3) is 0.304. The molecule has 0 bridgehead atoms. The van der Waals surface area contributed by atoms with Gasteiger partial charge in [-0.15, -0.1) is 0 Å². The Kier molecular flexibility index (Phi) is 8.33. The smallest absolute Gasteiger partial charge is 0.197 e. The van der Waals surface area contributed by atoms with Gasteiger partial charge in [0.15, 0.2) is 10.9 Å². The van der Waals surface area contributed by atoms with Crippen molar-refractivity contribution in [1.29, 1.82) is 0 Å². The van der Waals surface area contributed by atoms with E-state index in [1.807, 2.05) is 12.1 Å². The largest absolute Gasteiger partial charge is 0.309 e. The van der Waals surface area contributed by atoms with E-state index in [0.29, 0.717) is 21.5 Å². The van der Waals surface area contributed by atoms with E-state index in [2.05, 4.69) is 151 Å². The Balaban J connectivity index is 1.75. The molecule has 0 N–H and O–H groups in total. The van der Waals surface area contributed by atoms with Gasteiger partial charge in [-0.1, -0.05) is 90.8 Å². The molecule has 4 nitrogen and oxygen atoms in total. The molecule has 0 saturated carbocycles. The molecule has 7 rings (SSSR count). The van der Waals surface area contributed by atoms with Gasteiger partial charge < -0.3 is 9.13 Å². The molecule has 5 aromatic carbocycles. The Labute approximate surface area is 295 Å². The summed E-state index contributed by atoms with van der Waals surface area (Å²) in [6.45, 7) is 21.8. The SMILES string of the molecule is Cc1ccc(-n2c3cc(C(C)C)c(C(C)C)cc3c(=O)c3cc4c(cc32)c(=O)c2cc(C(C)C)c(C(C)C)cc2n4-c2ccc(C)cc2)cc1. The molecule has 7 aromatic rings. The second-order valence-corrected chi connectivity index (χ2v) is 15.5. The van der Waals surface area contributed by atoms with Crippen molar-refractivity contribution in [3.63, 3.8) is 0 Å². The van der Waals surface area contributed by atoms with Gasteiger partial charge in [-0.05, 0) is 120 Å². The third kappa shape index (κ3) is 5.37. The molecule has 4 heteroatoms. The highest BCUT2D eigenvalue weighted by Crippen LogP contribution is 2.36. The number of aryl methyl sites for hydroxylation is 2. The van der Waals surface area contributed by atoms with Crippen LogP contribution in [0.25, 0.3) is 55.0 Å². The lowest BCUT2D eigenvalue weighted by atomic mass is 9.88. The molecule has 0 aliphatic carbocycles. The van der Waals surface area contributed by atoms with Crippen LogP contribution in [0.1, 0.15) is 112 Å². The van der Waals surface area contributed by atoms with Crippen molar-refractivity contribution >= 4 is 43.6 Å². The summed E-state index contributed by atoms with van der Waals surface area (Å²) < 4.78 is 4.39. The lowest BCUT2D eigenvalue weighted by Crippen LogP contribution is -2.16. The summed E-state index contributed by atoms with van der Waals surface area (Å²) >= 11 is 0. The molecular weight excluding hydrogens is 613 g/mol. The van der Waals surface area contributed by atoms with Crippen molar-refractivity contribution in [3.8, 4) is 11.4 Å². The Morgan fingerprint density at radius 3 is 0.940 bits per heavy atom. The molecule has 0 atom stereocenters. The van der Waals surface area contributed by atoms with Crippen LogP contribution < -0.4 is 10.9 Å². The minimum atomic E-state index is -0.0153. The third-order valence-electron chi connectivity index (χ3n) is 10.5. The van der Waals surface area contributed by atoms with Crippen LogP contribution in [0.2, 0.25) is 0 Å². The molecule has 0 aliphatic rings. The van der Waals surface area contributed by atoms with Gasteiger partial charge >= 0.3 is 0 Å². The van der Waals surface area contributed by atoms with Crippen LogP contribution in [-0.2, 0) is 0 Å². The van der Waals surface area contributed by atoms with Crippen molar-refractivity contribution in [2.75, 3.05) is 0 Å². The molecule has 0 fully saturated rings. The number of nitrogens with zero attached hydrogens (tertiary/aromatic N) is 2. The zero-order valence-electron chi connectivity index (χ0n) is 31.1. The maximum atomic E-state index is 14.8. The second-order valence-electron chi connectivity index (χ2n) is 15.5. The van der Waals surface area contributed by atoms with Gasteiger partial charge in [-0.3, -0.25) is 9.59 Å². The molecule has 0 saturated heterocycles. The average molecular weight is 661 g/mol. The minimum Gasteiger partial charge on any atom is -0.309 e. The number of pyridine rings is 2. The van der Waals surface area contributed by atoms with Crippen LogP contribution in [0.4, 0.5) is 0 Å². The van der Waals surface area contributed by atoms with Crippen LogP contribution in [0, 0.1) is 13.8 Å². The van der Waals surface area contributed by atoms with Gasteiger partial charge in [-0.2, -0.15) is 0 Å². The maximum Gasteiger partial charge on any atom is 0.197 e. The highest BCUT2D eigenvalue weighted by atomic mass is 16.1. The topological polar surface area (TPSA) is 44.0 Å². The standard InChI is InChI=1S/C46H48N2O2/c1-25(2)33-19-37-41(21-35(33)27(5)6)47(31-15-11-29(9)12-16-31)43-24-40-44(23-39(43)45(37)49)48(32-17-13-30(10)14-18-32)42-22-36(28(7)8)34(26(3)4)20-38(42)46(40)50/h11-28H,1-10H3. The summed E-state index contributed by atoms with van der Waals surface area (Å²) in [5.74, 6) is 1.09. The van der Waals surface area contributed by atoms with Gasteiger partial charge in [0.1, 0.15) is 0 Å².